The molecule has 0 saturated heterocycles. The molecule has 0 aliphatic rings. The Bertz CT molecular complexity index is 1190. The van der Waals surface area contributed by atoms with Crippen molar-refractivity contribution >= 4 is 11.9 Å². The van der Waals surface area contributed by atoms with E-state index in [0.29, 0.717) is 19.4 Å². The molecule has 5 heteroatoms. The molecule has 0 aromatic rings. The average molecular weight is 891 g/mol. The van der Waals surface area contributed by atoms with Crippen molar-refractivity contribution in [1.29, 1.82) is 0 Å². The number of hydrogen-bond donors (Lipinski definition) is 0. The van der Waals surface area contributed by atoms with Crippen LogP contribution >= 0.6 is 0 Å². The molecule has 0 bridgehead atoms. The van der Waals surface area contributed by atoms with Crippen LogP contribution in [-0.4, -0.2) is 37.9 Å². The maximum atomic E-state index is 12.8. The molecule has 0 aromatic carbocycles. The highest BCUT2D eigenvalue weighted by Crippen LogP contribution is 2.14. The van der Waals surface area contributed by atoms with Gasteiger partial charge in [0.25, 0.3) is 0 Å². The van der Waals surface area contributed by atoms with Crippen LogP contribution in [-0.2, 0) is 23.8 Å². The molecule has 0 radical (unpaired) electrons. The average Bonchev–Trinajstić information content (AvgIpc) is 3.30. The van der Waals surface area contributed by atoms with E-state index in [1.54, 1.807) is 0 Å². The topological polar surface area (TPSA) is 61.8 Å². The van der Waals surface area contributed by atoms with Crippen LogP contribution in [0.2, 0.25) is 0 Å². The molecule has 64 heavy (non-hydrogen) atoms. The van der Waals surface area contributed by atoms with Gasteiger partial charge in [0.05, 0.1) is 6.61 Å². The molecule has 0 fully saturated rings. The Morgan fingerprint density at radius 1 is 0.359 bits per heavy atom. The molecule has 1 unspecified atom stereocenters. The quantitative estimate of drug-likeness (QED) is 0.0346. The number of hydrogen-bond acceptors (Lipinski definition) is 5. The molecule has 0 heterocycles. The Kier molecular flexibility index (Phi) is 51.9. The van der Waals surface area contributed by atoms with Gasteiger partial charge < -0.3 is 14.2 Å². The Morgan fingerprint density at radius 3 is 1.20 bits per heavy atom. The lowest BCUT2D eigenvalue weighted by molar-refractivity contribution is -0.163. The van der Waals surface area contributed by atoms with Crippen LogP contribution in [0.15, 0.2) is 85.1 Å². The molecule has 0 aromatic heterocycles. The van der Waals surface area contributed by atoms with Gasteiger partial charge in [-0.15, -0.1) is 0 Å². The second kappa shape index (κ2) is 54.4. The van der Waals surface area contributed by atoms with Crippen molar-refractivity contribution in [3.63, 3.8) is 0 Å². The summed E-state index contributed by atoms with van der Waals surface area (Å²) in [5, 5.41) is 0. The summed E-state index contributed by atoms with van der Waals surface area (Å²) >= 11 is 0. The van der Waals surface area contributed by atoms with Crippen LogP contribution in [0.5, 0.6) is 0 Å². The predicted octanol–water partition coefficient (Wildman–Crippen LogP) is 18.5. The number of carbonyl (C=O) groups excluding carboxylic acids is 2. The molecule has 0 N–H and O–H groups in total. The van der Waals surface area contributed by atoms with Crippen LogP contribution in [0, 0.1) is 0 Å². The van der Waals surface area contributed by atoms with Crippen LogP contribution in [0.1, 0.15) is 252 Å². The van der Waals surface area contributed by atoms with E-state index in [2.05, 4.69) is 106 Å². The third-order valence-electron chi connectivity index (χ3n) is 11.4. The van der Waals surface area contributed by atoms with E-state index >= 15 is 0 Å². The maximum Gasteiger partial charge on any atom is 0.306 e. The summed E-state index contributed by atoms with van der Waals surface area (Å²) < 4.78 is 17.4. The highest BCUT2D eigenvalue weighted by molar-refractivity contribution is 5.70. The smallest absolute Gasteiger partial charge is 0.306 e. The molecule has 368 valence electrons. The first kappa shape index (κ1) is 61.1. The number of carbonyl (C=O) groups is 2. The van der Waals surface area contributed by atoms with Crippen molar-refractivity contribution in [2.24, 2.45) is 0 Å². The minimum Gasteiger partial charge on any atom is -0.462 e. The van der Waals surface area contributed by atoms with Crippen molar-refractivity contribution in [2.45, 2.75) is 258 Å². The van der Waals surface area contributed by atoms with Crippen LogP contribution in [0.4, 0.5) is 0 Å². The second-order valence-electron chi connectivity index (χ2n) is 17.7. The third kappa shape index (κ3) is 51.7. The van der Waals surface area contributed by atoms with E-state index in [4.69, 9.17) is 14.2 Å². The molecular weight excluding hydrogens is 789 g/mol. The first-order valence-corrected chi connectivity index (χ1v) is 27.1. The van der Waals surface area contributed by atoms with Gasteiger partial charge in [-0.2, -0.15) is 0 Å². The lowest BCUT2D eigenvalue weighted by Crippen LogP contribution is -2.30. The largest absolute Gasteiger partial charge is 0.462 e. The fourth-order valence-corrected chi connectivity index (χ4v) is 7.36. The van der Waals surface area contributed by atoms with Gasteiger partial charge in [-0.3, -0.25) is 9.59 Å². The van der Waals surface area contributed by atoms with Gasteiger partial charge in [0.15, 0.2) is 6.10 Å². The summed E-state index contributed by atoms with van der Waals surface area (Å²) in [6.45, 7) is 7.61. The Balaban J connectivity index is 4.32. The van der Waals surface area contributed by atoms with E-state index in [9.17, 15) is 9.59 Å². The third-order valence-corrected chi connectivity index (χ3v) is 11.4. The first-order chi connectivity index (χ1) is 31.6. The van der Waals surface area contributed by atoms with Crippen molar-refractivity contribution in [3.05, 3.63) is 85.1 Å². The highest BCUT2D eigenvalue weighted by Gasteiger charge is 2.17. The summed E-state index contributed by atoms with van der Waals surface area (Å²) in [5.74, 6) is -0.441. The standard InChI is InChI=1S/C59H102O5/c1-4-7-10-13-16-19-22-25-27-29-31-33-36-39-42-45-48-51-54-62-55-57(64-59(61)53-50-47-44-41-38-34-24-21-18-15-12-9-6-3)56-63-58(60)52-49-46-43-40-37-35-32-30-28-26-23-20-17-14-11-8-5-2/h8,11-12,15,17,20-21,24-28,32,35,57H,4-7,9-10,13-14,16,18-19,22-23,29-31,33-34,36-56H2,1-3H3/b11-8-,15-12-,20-17-,24-21-,27-25-,28-26-,35-32-. The highest BCUT2D eigenvalue weighted by atomic mass is 16.6. The molecule has 1 atom stereocenters. The number of allylic oxidation sites excluding steroid dienone is 14. The Hall–Kier alpha value is -2.92. The van der Waals surface area contributed by atoms with Crippen molar-refractivity contribution in [3.8, 4) is 0 Å². The summed E-state index contributed by atoms with van der Waals surface area (Å²) in [4.78, 5) is 25.4. The zero-order valence-electron chi connectivity index (χ0n) is 42.3. The second-order valence-corrected chi connectivity index (χ2v) is 17.7. The van der Waals surface area contributed by atoms with E-state index in [0.717, 1.165) is 109 Å². The maximum absolute atomic E-state index is 12.8. The fraction of sp³-hybridized carbons (Fsp3) is 0.729. The van der Waals surface area contributed by atoms with E-state index < -0.39 is 6.10 Å². The minimum atomic E-state index is -0.559. The van der Waals surface area contributed by atoms with Crippen molar-refractivity contribution in [2.75, 3.05) is 19.8 Å². The zero-order chi connectivity index (χ0) is 46.3. The lowest BCUT2D eigenvalue weighted by Gasteiger charge is -2.18. The van der Waals surface area contributed by atoms with Crippen LogP contribution in [0.3, 0.4) is 0 Å². The van der Waals surface area contributed by atoms with Gasteiger partial charge >= 0.3 is 11.9 Å². The van der Waals surface area contributed by atoms with Crippen LogP contribution in [0.25, 0.3) is 0 Å². The minimum absolute atomic E-state index is 0.0627. The summed E-state index contributed by atoms with van der Waals surface area (Å²) in [5.41, 5.74) is 0. The number of ether oxygens (including phenoxy) is 3. The molecule has 0 amide bonds. The molecule has 0 aliphatic heterocycles. The molecular formula is C59H102O5. The number of unbranched alkanes of at least 4 members (excludes halogenated alkanes) is 24. The molecule has 0 rings (SSSR count). The summed E-state index contributed by atoms with van der Waals surface area (Å²) in [6.07, 6.45) is 71.7. The number of esters is 2. The normalized spacial score (nSPS) is 12.9. The van der Waals surface area contributed by atoms with Gasteiger partial charge in [-0.25, -0.2) is 0 Å². The number of rotatable bonds is 49. The van der Waals surface area contributed by atoms with Crippen molar-refractivity contribution in [1.82, 2.24) is 0 Å². The Morgan fingerprint density at radius 2 is 0.734 bits per heavy atom. The van der Waals surface area contributed by atoms with Gasteiger partial charge in [0, 0.05) is 19.4 Å². The monoisotopic (exact) mass is 891 g/mol. The fourth-order valence-electron chi connectivity index (χ4n) is 7.36. The molecule has 5 nitrogen and oxygen atoms in total. The van der Waals surface area contributed by atoms with E-state index in [1.807, 2.05) is 0 Å². The zero-order valence-corrected chi connectivity index (χ0v) is 42.3. The first-order valence-electron chi connectivity index (χ1n) is 27.1. The van der Waals surface area contributed by atoms with Crippen molar-refractivity contribution < 1.29 is 23.8 Å². The van der Waals surface area contributed by atoms with Gasteiger partial charge in [-0.1, -0.05) is 215 Å². The molecule has 0 saturated carbocycles. The van der Waals surface area contributed by atoms with E-state index in [-0.39, 0.29) is 25.2 Å². The SMILES string of the molecule is CC/C=C\C/C=C\C/C=C\C/C=C\CCCCCCC(=O)OCC(COCCCCCCCCCC/C=C\CCCCCCCC)OC(=O)CCCCCCC/C=C\C/C=C\CCC. The Labute approximate surface area is 397 Å². The van der Waals surface area contributed by atoms with Crippen LogP contribution < -0.4 is 0 Å². The molecule has 0 spiro atoms. The van der Waals surface area contributed by atoms with Gasteiger partial charge in [0.2, 0.25) is 0 Å². The molecule has 0 aliphatic carbocycles. The van der Waals surface area contributed by atoms with E-state index in [1.165, 1.54) is 109 Å². The summed E-state index contributed by atoms with van der Waals surface area (Å²) in [6, 6.07) is 0. The lowest BCUT2D eigenvalue weighted by atomic mass is 10.1. The summed E-state index contributed by atoms with van der Waals surface area (Å²) in [7, 11) is 0. The van der Waals surface area contributed by atoms with Gasteiger partial charge in [0.1, 0.15) is 6.61 Å². The predicted molar refractivity (Wildman–Crippen MR) is 279 cm³/mol. The van der Waals surface area contributed by atoms with Gasteiger partial charge in [-0.05, 0) is 109 Å².